The van der Waals surface area contributed by atoms with Crippen LogP contribution in [0.5, 0.6) is 0 Å². The Hall–Kier alpha value is -3.69. The second kappa shape index (κ2) is 7.14. The highest BCUT2D eigenvalue weighted by atomic mass is 19.4. The summed E-state index contributed by atoms with van der Waals surface area (Å²) in [6, 6.07) is 12.9. The third kappa shape index (κ3) is 3.56. The van der Waals surface area contributed by atoms with Gasteiger partial charge < -0.3 is 10.0 Å². The van der Waals surface area contributed by atoms with Gasteiger partial charge in [-0.15, -0.1) is 0 Å². The monoisotopic (exact) mass is 391 g/mol. The highest BCUT2D eigenvalue weighted by Gasteiger charge is 2.45. The van der Waals surface area contributed by atoms with Crippen molar-refractivity contribution in [3.8, 4) is 0 Å². The Bertz CT molecular complexity index is 1000. The number of aliphatic carboxylic acids is 1. The number of aliphatic imine (C=N–C) groups is 1. The lowest BCUT2D eigenvalue weighted by atomic mass is 9.98. The fourth-order valence-electron chi connectivity index (χ4n) is 2.86. The molecule has 0 spiro atoms. The van der Waals surface area contributed by atoms with Gasteiger partial charge in [0.25, 0.3) is 5.69 Å². The predicted molar refractivity (Wildman–Crippen MR) is 94.9 cm³/mol. The number of para-hydroxylation sites is 1. The number of carboxylic acid groups (broad SMARTS) is 1. The molecule has 0 saturated carbocycles. The Morgan fingerprint density at radius 2 is 1.82 bits per heavy atom. The first kappa shape index (κ1) is 19.1. The summed E-state index contributed by atoms with van der Waals surface area (Å²) >= 11 is 0. The first-order chi connectivity index (χ1) is 13.2. The third-order valence-corrected chi connectivity index (χ3v) is 3.99. The summed E-state index contributed by atoms with van der Waals surface area (Å²) in [5.41, 5.74) is -2.93. The fourth-order valence-corrected chi connectivity index (χ4v) is 2.86. The topological polar surface area (TPSA) is 96.0 Å². The number of hydrogen-bond acceptors (Lipinski definition) is 5. The van der Waals surface area contributed by atoms with Gasteiger partial charge >= 0.3 is 12.1 Å². The van der Waals surface area contributed by atoms with Crippen LogP contribution in [0.4, 0.5) is 24.5 Å². The zero-order chi connectivity index (χ0) is 20.5. The van der Waals surface area contributed by atoms with E-state index in [9.17, 15) is 33.2 Å². The molecule has 1 aliphatic heterocycles. The van der Waals surface area contributed by atoms with Crippen LogP contribution >= 0.6 is 0 Å². The zero-order valence-corrected chi connectivity index (χ0v) is 14.1. The van der Waals surface area contributed by atoms with Crippen molar-refractivity contribution >= 4 is 28.8 Å². The van der Waals surface area contributed by atoms with Crippen molar-refractivity contribution in [3.05, 3.63) is 75.8 Å². The van der Waals surface area contributed by atoms with Crippen molar-refractivity contribution in [2.75, 3.05) is 11.6 Å². The van der Waals surface area contributed by atoms with E-state index in [-0.39, 0.29) is 16.9 Å². The van der Waals surface area contributed by atoms with Crippen molar-refractivity contribution in [1.29, 1.82) is 0 Å². The van der Waals surface area contributed by atoms with Crippen LogP contribution in [0, 0.1) is 10.1 Å². The van der Waals surface area contributed by atoms with Crippen molar-refractivity contribution in [3.63, 3.8) is 0 Å². The number of nitro benzene ring substituents is 1. The largest absolute Gasteiger partial charge is 0.478 e. The molecule has 0 fully saturated rings. The van der Waals surface area contributed by atoms with Gasteiger partial charge in [0.15, 0.2) is 5.71 Å². The van der Waals surface area contributed by atoms with Gasteiger partial charge in [0.2, 0.25) is 0 Å². The van der Waals surface area contributed by atoms with Gasteiger partial charge in [-0.1, -0.05) is 30.3 Å². The van der Waals surface area contributed by atoms with Crippen LogP contribution in [0.15, 0.2) is 65.2 Å². The average Bonchev–Trinajstić information content (AvgIpc) is 2.66. The van der Waals surface area contributed by atoms with E-state index in [1.54, 1.807) is 30.3 Å². The molecule has 0 aromatic heterocycles. The molecule has 7 nitrogen and oxygen atoms in total. The number of benzene rings is 2. The molecule has 0 saturated heterocycles. The molecule has 2 aromatic rings. The van der Waals surface area contributed by atoms with E-state index >= 15 is 0 Å². The van der Waals surface area contributed by atoms with E-state index in [1.807, 2.05) is 0 Å². The summed E-state index contributed by atoms with van der Waals surface area (Å²) in [6.45, 7) is -0.492. The van der Waals surface area contributed by atoms with Gasteiger partial charge in [0, 0.05) is 23.4 Å². The van der Waals surface area contributed by atoms with E-state index in [0.29, 0.717) is 5.69 Å². The fraction of sp³-hybridized carbons (Fsp3) is 0.111. The summed E-state index contributed by atoms with van der Waals surface area (Å²) in [7, 11) is 0. The molecule has 144 valence electrons. The predicted octanol–water partition coefficient (Wildman–Crippen LogP) is 3.87. The Morgan fingerprint density at radius 3 is 2.39 bits per heavy atom. The van der Waals surface area contributed by atoms with E-state index < -0.39 is 35.0 Å². The van der Waals surface area contributed by atoms with Gasteiger partial charge in [-0.2, -0.15) is 13.2 Å². The van der Waals surface area contributed by atoms with Crippen LogP contribution in [-0.2, 0) is 4.79 Å². The number of nitrogens with zero attached hydrogens (tertiary/aromatic N) is 3. The Balaban J connectivity index is 2.31. The number of halogens is 3. The number of nitro groups is 1. The van der Waals surface area contributed by atoms with Crippen LogP contribution in [0.25, 0.3) is 5.70 Å². The molecule has 28 heavy (non-hydrogen) atoms. The van der Waals surface area contributed by atoms with Crippen molar-refractivity contribution in [1.82, 2.24) is 0 Å². The molecule has 1 aliphatic rings. The summed E-state index contributed by atoms with van der Waals surface area (Å²) in [4.78, 5) is 26.9. The van der Waals surface area contributed by atoms with Gasteiger partial charge in [-0.3, -0.25) is 15.1 Å². The molecular formula is C18H12F3N3O4. The number of carbonyl (C=O) groups is 1. The minimum Gasteiger partial charge on any atom is -0.478 e. The number of rotatable bonds is 4. The van der Waals surface area contributed by atoms with E-state index in [0.717, 1.165) is 6.07 Å². The molecule has 2 aromatic carbocycles. The summed E-state index contributed by atoms with van der Waals surface area (Å²) in [6.07, 6.45) is -5.00. The molecule has 1 N–H and O–H groups in total. The zero-order valence-electron chi connectivity index (χ0n) is 14.1. The minimum atomic E-state index is -5.00. The highest BCUT2D eigenvalue weighted by Crippen LogP contribution is 2.37. The molecule has 1 heterocycles. The number of carboxylic acids is 1. The molecule has 0 aliphatic carbocycles. The standard InChI is InChI=1S/C18H12F3N3O4/c19-18(20,21)16-14(17(25)26)15(11-5-4-8-13(9-11)24(27)28)23(10-22-16)12-6-2-1-3-7-12/h1-9H,10H2,(H,25,26). The molecule has 0 amide bonds. The van der Waals surface area contributed by atoms with Crippen LogP contribution in [0.2, 0.25) is 0 Å². The molecule has 10 heteroatoms. The first-order valence-corrected chi connectivity index (χ1v) is 7.87. The Morgan fingerprint density at radius 1 is 1.14 bits per heavy atom. The molecular weight excluding hydrogens is 379 g/mol. The minimum absolute atomic E-state index is 0.0351. The smallest absolute Gasteiger partial charge is 0.433 e. The van der Waals surface area contributed by atoms with Crippen molar-refractivity contribution < 1.29 is 28.0 Å². The van der Waals surface area contributed by atoms with E-state index in [1.165, 1.54) is 23.1 Å². The van der Waals surface area contributed by atoms with Gasteiger partial charge in [0.1, 0.15) is 12.2 Å². The maximum absolute atomic E-state index is 13.4. The van der Waals surface area contributed by atoms with Crippen LogP contribution in [-0.4, -0.2) is 34.6 Å². The lowest BCUT2D eigenvalue weighted by molar-refractivity contribution is -0.384. The van der Waals surface area contributed by atoms with Crippen LogP contribution < -0.4 is 4.90 Å². The molecule has 0 bridgehead atoms. The second-order valence-electron chi connectivity index (χ2n) is 5.75. The molecule has 0 unspecified atom stereocenters. The Labute approximate surface area is 156 Å². The number of hydrogen-bond donors (Lipinski definition) is 1. The highest BCUT2D eigenvalue weighted by molar-refractivity contribution is 6.28. The molecule has 0 atom stereocenters. The third-order valence-electron chi connectivity index (χ3n) is 3.99. The van der Waals surface area contributed by atoms with Gasteiger partial charge in [0.05, 0.1) is 10.6 Å². The van der Waals surface area contributed by atoms with Crippen molar-refractivity contribution in [2.45, 2.75) is 6.18 Å². The van der Waals surface area contributed by atoms with E-state index in [2.05, 4.69) is 4.99 Å². The maximum Gasteiger partial charge on any atom is 0.433 e. The molecule has 3 rings (SSSR count). The SMILES string of the molecule is O=C(O)C1=C(c2cccc([N+](=O)[O-])c2)N(c2ccccc2)CN=C1C(F)(F)F. The number of non-ortho nitro benzene ring substituents is 1. The Kier molecular flexibility index (Phi) is 4.87. The lowest BCUT2D eigenvalue weighted by Crippen LogP contribution is -2.38. The summed E-state index contributed by atoms with van der Waals surface area (Å²) in [5.74, 6) is -1.83. The van der Waals surface area contributed by atoms with Crippen molar-refractivity contribution in [2.24, 2.45) is 4.99 Å². The quantitative estimate of drug-likeness (QED) is 0.630. The lowest BCUT2D eigenvalue weighted by Gasteiger charge is -2.32. The number of alkyl halides is 3. The van der Waals surface area contributed by atoms with Gasteiger partial charge in [-0.05, 0) is 12.1 Å². The normalized spacial score (nSPS) is 14.7. The average molecular weight is 391 g/mol. The van der Waals surface area contributed by atoms with E-state index in [4.69, 9.17) is 0 Å². The summed E-state index contributed by atoms with van der Waals surface area (Å²) < 4.78 is 40.3. The molecule has 0 radical (unpaired) electrons. The summed E-state index contributed by atoms with van der Waals surface area (Å²) in [5, 5.41) is 20.6. The number of anilines is 1. The maximum atomic E-state index is 13.4. The first-order valence-electron chi connectivity index (χ1n) is 7.87. The van der Waals surface area contributed by atoms with Crippen LogP contribution in [0.3, 0.4) is 0 Å². The van der Waals surface area contributed by atoms with Gasteiger partial charge in [-0.25, -0.2) is 4.79 Å². The second-order valence-corrected chi connectivity index (χ2v) is 5.75. The van der Waals surface area contributed by atoms with Crippen LogP contribution in [0.1, 0.15) is 5.56 Å².